The van der Waals surface area contributed by atoms with Gasteiger partial charge in [-0.05, 0) is 42.3 Å². The van der Waals surface area contributed by atoms with E-state index >= 15 is 0 Å². The highest BCUT2D eigenvalue weighted by Gasteiger charge is 2.24. The number of hydrogen-bond acceptors (Lipinski definition) is 7. The summed E-state index contributed by atoms with van der Waals surface area (Å²) >= 11 is 1.18. The number of thiophene rings is 1. The van der Waals surface area contributed by atoms with Crippen LogP contribution in [0, 0.1) is 11.3 Å². The number of hydrogen-bond donors (Lipinski definition) is 1. The van der Waals surface area contributed by atoms with E-state index in [9.17, 15) is 14.9 Å². The van der Waals surface area contributed by atoms with Gasteiger partial charge in [0.05, 0.1) is 13.7 Å². The molecule has 0 atom stereocenters. The van der Waals surface area contributed by atoms with Crippen LogP contribution in [0.3, 0.4) is 0 Å². The number of para-hydroxylation sites is 1. The van der Waals surface area contributed by atoms with Gasteiger partial charge < -0.3 is 19.5 Å². The van der Waals surface area contributed by atoms with Crippen LogP contribution < -0.4 is 14.8 Å². The molecule has 1 heterocycles. The Balaban J connectivity index is 1.60. The molecule has 3 aromatic carbocycles. The third-order valence-electron chi connectivity index (χ3n) is 5.72. The Bertz CT molecular complexity index is 1520. The molecule has 1 N–H and O–H groups in total. The molecule has 4 rings (SSSR count). The molecule has 0 radical (unpaired) electrons. The van der Waals surface area contributed by atoms with Gasteiger partial charge in [-0.3, -0.25) is 4.79 Å². The van der Waals surface area contributed by atoms with Gasteiger partial charge in [-0.25, -0.2) is 4.79 Å². The molecule has 39 heavy (non-hydrogen) atoms. The minimum atomic E-state index is -0.649. The van der Waals surface area contributed by atoms with Crippen LogP contribution in [0.5, 0.6) is 11.5 Å². The molecule has 0 fully saturated rings. The molecule has 0 aliphatic rings. The largest absolute Gasteiger partial charge is 0.497 e. The molecule has 1 aromatic heterocycles. The molecule has 0 aliphatic carbocycles. The van der Waals surface area contributed by atoms with Crippen LogP contribution in [0.25, 0.3) is 17.2 Å². The maximum absolute atomic E-state index is 13.2. The Morgan fingerprint density at radius 1 is 1.00 bits per heavy atom. The van der Waals surface area contributed by atoms with Gasteiger partial charge in [0, 0.05) is 16.5 Å². The minimum absolute atomic E-state index is 0.139. The average Bonchev–Trinajstić information content (AvgIpc) is 3.39. The highest BCUT2D eigenvalue weighted by molar-refractivity contribution is 7.15. The number of nitrogens with zero attached hydrogens (tertiary/aromatic N) is 1. The summed E-state index contributed by atoms with van der Waals surface area (Å²) in [7, 11) is 1.57. The maximum Gasteiger partial charge on any atom is 0.341 e. The zero-order valence-corrected chi connectivity index (χ0v) is 22.3. The zero-order valence-electron chi connectivity index (χ0n) is 21.5. The first kappa shape index (κ1) is 27.2. The molecule has 0 unspecified atom stereocenters. The predicted molar refractivity (Wildman–Crippen MR) is 152 cm³/mol. The molecule has 0 aliphatic heterocycles. The topological polar surface area (TPSA) is 97.6 Å². The van der Waals surface area contributed by atoms with Gasteiger partial charge in [-0.1, -0.05) is 60.7 Å². The lowest BCUT2D eigenvalue weighted by Gasteiger charge is -2.10. The second kappa shape index (κ2) is 13.1. The molecule has 0 saturated heterocycles. The standard InChI is InChI=1S/C31H26N2O5S/c1-3-37-31(35)28-26(22-13-15-25(36-2)16-14-22)20-39-30(28)33-29(34)24(18-32)17-23-11-7-8-12-27(23)38-19-21-9-5-4-6-10-21/h4-17,20H,3,19H2,1-2H3,(H,33,34). The van der Waals surface area contributed by atoms with E-state index < -0.39 is 11.9 Å². The fourth-order valence-electron chi connectivity index (χ4n) is 3.78. The normalized spacial score (nSPS) is 10.8. The van der Waals surface area contributed by atoms with Gasteiger partial charge >= 0.3 is 5.97 Å². The summed E-state index contributed by atoms with van der Waals surface area (Å²) in [6.45, 7) is 2.22. The first-order valence-electron chi connectivity index (χ1n) is 12.2. The minimum Gasteiger partial charge on any atom is -0.497 e. The fraction of sp³-hybridized carbons (Fsp3) is 0.129. The quantitative estimate of drug-likeness (QED) is 0.137. The van der Waals surface area contributed by atoms with E-state index in [1.165, 1.54) is 17.4 Å². The van der Waals surface area contributed by atoms with Gasteiger partial charge in [0.2, 0.25) is 0 Å². The van der Waals surface area contributed by atoms with E-state index in [2.05, 4.69) is 5.32 Å². The van der Waals surface area contributed by atoms with E-state index in [0.717, 1.165) is 11.1 Å². The molecule has 0 spiro atoms. The summed E-state index contributed by atoms with van der Waals surface area (Å²) in [5.41, 5.74) is 3.03. The van der Waals surface area contributed by atoms with Gasteiger partial charge in [0.1, 0.15) is 40.3 Å². The molecule has 0 bridgehead atoms. The monoisotopic (exact) mass is 538 g/mol. The van der Waals surface area contributed by atoms with Crippen molar-refractivity contribution in [1.29, 1.82) is 5.26 Å². The van der Waals surface area contributed by atoms with Crippen LogP contribution in [0.15, 0.2) is 89.8 Å². The van der Waals surface area contributed by atoms with Gasteiger partial charge in [0.15, 0.2) is 0 Å². The van der Waals surface area contributed by atoms with Gasteiger partial charge in [-0.15, -0.1) is 11.3 Å². The van der Waals surface area contributed by atoms with Crippen molar-refractivity contribution in [2.24, 2.45) is 0 Å². The van der Waals surface area contributed by atoms with Crippen molar-refractivity contribution >= 4 is 34.3 Å². The second-order valence-corrected chi connectivity index (χ2v) is 9.12. The number of carbonyl (C=O) groups is 2. The number of esters is 1. The summed E-state index contributed by atoms with van der Waals surface area (Å²) in [5.74, 6) is -0.00453. The Morgan fingerprint density at radius 2 is 1.72 bits per heavy atom. The van der Waals surface area contributed by atoms with Crippen LogP contribution in [0.2, 0.25) is 0 Å². The summed E-state index contributed by atoms with van der Waals surface area (Å²) in [5, 5.41) is 14.6. The van der Waals surface area contributed by atoms with E-state index in [4.69, 9.17) is 14.2 Å². The molecule has 4 aromatic rings. The molecule has 7 nitrogen and oxygen atoms in total. The van der Waals surface area contributed by atoms with Crippen LogP contribution in [0.4, 0.5) is 5.00 Å². The molecule has 196 valence electrons. The maximum atomic E-state index is 13.2. The third kappa shape index (κ3) is 6.72. The Labute approximate surface area is 230 Å². The lowest BCUT2D eigenvalue weighted by atomic mass is 10.0. The van der Waals surface area contributed by atoms with Gasteiger partial charge in [-0.2, -0.15) is 5.26 Å². The summed E-state index contributed by atoms with van der Waals surface area (Å²) in [4.78, 5) is 26.1. The van der Waals surface area contributed by atoms with Crippen molar-refractivity contribution in [3.05, 3.63) is 107 Å². The fourth-order valence-corrected chi connectivity index (χ4v) is 4.73. The SMILES string of the molecule is CCOC(=O)c1c(-c2ccc(OC)cc2)csc1NC(=O)C(C#N)=Cc1ccccc1OCc1ccccc1. The third-order valence-corrected chi connectivity index (χ3v) is 6.62. The highest BCUT2D eigenvalue weighted by Crippen LogP contribution is 2.37. The number of nitriles is 1. The number of methoxy groups -OCH3 is 1. The van der Waals surface area contributed by atoms with Crippen molar-refractivity contribution in [1.82, 2.24) is 0 Å². The highest BCUT2D eigenvalue weighted by atomic mass is 32.1. The molecular weight excluding hydrogens is 512 g/mol. The molecule has 1 amide bonds. The van der Waals surface area contributed by atoms with E-state index in [-0.39, 0.29) is 17.7 Å². The number of ether oxygens (including phenoxy) is 3. The van der Waals surface area contributed by atoms with Crippen molar-refractivity contribution < 1.29 is 23.8 Å². The number of rotatable bonds is 10. The van der Waals surface area contributed by atoms with Crippen molar-refractivity contribution in [3.63, 3.8) is 0 Å². The van der Waals surface area contributed by atoms with Crippen LogP contribution >= 0.6 is 11.3 Å². The first-order chi connectivity index (χ1) is 19.0. The van der Waals surface area contributed by atoms with Crippen molar-refractivity contribution in [3.8, 4) is 28.7 Å². The Hall–Kier alpha value is -4.87. The van der Waals surface area contributed by atoms with Crippen LogP contribution in [-0.2, 0) is 16.1 Å². The lowest BCUT2D eigenvalue weighted by molar-refractivity contribution is -0.112. The first-order valence-corrected chi connectivity index (χ1v) is 13.0. The number of carbonyl (C=O) groups excluding carboxylic acids is 2. The Morgan fingerprint density at radius 3 is 2.41 bits per heavy atom. The summed E-state index contributed by atoms with van der Waals surface area (Å²) in [6.07, 6.45) is 1.47. The zero-order chi connectivity index (χ0) is 27.6. The van der Waals surface area contributed by atoms with Crippen LogP contribution in [0.1, 0.15) is 28.4 Å². The summed E-state index contributed by atoms with van der Waals surface area (Å²) < 4.78 is 16.5. The average molecular weight is 539 g/mol. The number of amides is 1. The van der Waals surface area contributed by atoms with Crippen molar-refractivity contribution in [2.75, 3.05) is 19.0 Å². The summed E-state index contributed by atoms with van der Waals surface area (Å²) in [6, 6.07) is 26.0. The van der Waals surface area contributed by atoms with Gasteiger partial charge in [0.25, 0.3) is 5.91 Å². The lowest BCUT2D eigenvalue weighted by Crippen LogP contribution is -2.16. The van der Waals surface area contributed by atoms with Crippen molar-refractivity contribution in [2.45, 2.75) is 13.5 Å². The number of benzene rings is 3. The number of nitrogens with one attached hydrogen (secondary N) is 1. The molecule has 0 saturated carbocycles. The second-order valence-electron chi connectivity index (χ2n) is 8.24. The smallest absolute Gasteiger partial charge is 0.341 e. The Kier molecular flexibility index (Phi) is 9.11. The van der Waals surface area contributed by atoms with Crippen LogP contribution in [-0.4, -0.2) is 25.6 Å². The predicted octanol–water partition coefficient (Wildman–Crippen LogP) is 6.73. The van der Waals surface area contributed by atoms with E-state index in [1.54, 1.807) is 49.7 Å². The molecule has 8 heteroatoms. The number of anilines is 1. The van der Waals surface area contributed by atoms with E-state index in [1.807, 2.05) is 54.6 Å². The van der Waals surface area contributed by atoms with E-state index in [0.29, 0.717) is 34.2 Å². The molecular formula is C31H26N2O5S.